The van der Waals surface area contributed by atoms with Crippen LogP contribution in [-0.4, -0.2) is 60.5 Å². The van der Waals surface area contributed by atoms with Crippen LogP contribution in [-0.2, 0) is 25.5 Å². The third-order valence-electron chi connectivity index (χ3n) is 5.45. The molecule has 170 valence electrons. The van der Waals surface area contributed by atoms with Gasteiger partial charge in [-0.2, -0.15) is 0 Å². The summed E-state index contributed by atoms with van der Waals surface area (Å²) in [6, 6.07) is 11.2. The number of hydrogen-bond acceptors (Lipinski definition) is 6. The molecule has 1 fully saturated rings. The van der Waals surface area contributed by atoms with Gasteiger partial charge >= 0.3 is 11.9 Å². The van der Waals surface area contributed by atoms with E-state index in [0.29, 0.717) is 23.5 Å². The predicted molar refractivity (Wildman–Crippen MR) is 114 cm³/mol. The predicted octanol–water partition coefficient (Wildman–Crippen LogP) is 2.12. The van der Waals surface area contributed by atoms with Crippen molar-refractivity contribution < 1.29 is 38.8 Å². The number of benzene rings is 2. The van der Waals surface area contributed by atoms with E-state index >= 15 is 0 Å². The fourth-order valence-electron chi connectivity index (χ4n) is 3.74. The summed E-state index contributed by atoms with van der Waals surface area (Å²) in [6.45, 7) is 0.130. The van der Waals surface area contributed by atoms with E-state index in [9.17, 15) is 24.6 Å². The number of amides is 1. The molecule has 32 heavy (non-hydrogen) atoms. The number of carboxylic acids is 2. The quantitative estimate of drug-likeness (QED) is 0.502. The van der Waals surface area contributed by atoms with Crippen LogP contribution in [0.3, 0.4) is 0 Å². The van der Waals surface area contributed by atoms with E-state index in [2.05, 4.69) is 5.32 Å². The second kappa shape index (κ2) is 9.69. The van der Waals surface area contributed by atoms with Gasteiger partial charge in [0.05, 0.1) is 19.8 Å². The first-order chi connectivity index (χ1) is 15.3. The van der Waals surface area contributed by atoms with Gasteiger partial charge in [-0.05, 0) is 36.1 Å². The molecular weight excluding hydrogens is 418 g/mol. The maximum Gasteiger partial charge on any atom is 0.345 e. The van der Waals surface area contributed by atoms with Gasteiger partial charge in [-0.1, -0.05) is 30.3 Å². The molecule has 1 amide bonds. The lowest BCUT2D eigenvalue weighted by molar-refractivity contribution is -0.169. The molecule has 2 aromatic rings. The molecule has 9 nitrogen and oxygen atoms in total. The van der Waals surface area contributed by atoms with Gasteiger partial charge in [0.25, 0.3) is 5.91 Å². The van der Waals surface area contributed by atoms with Gasteiger partial charge in [0.15, 0.2) is 0 Å². The second-order valence-corrected chi connectivity index (χ2v) is 7.39. The molecule has 3 rings (SSSR count). The van der Waals surface area contributed by atoms with Gasteiger partial charge in [-0.25, -0.2) is 9.59 Å². The fourth-order valence-corrected chi connectivity index (χ4v) is 3.74. The van der Waals surface area contributed by atoms with Gasteiger partial charge < -0.3 is 29.7 Å². The highest BCUT2D eigenvalue weighted by Crippen LogP contribution is 2.38. The van der Waals surface area contributed by atoms with Crippen LogP contribution in [0.5, 0.6) is 11.5 Å². The van der Waals surface area contributed by atoms with E-state index in [1.807, 2.05) is 18.2 Å². The molecule has 9 heteroatoms. The van der Waals surface area contributed by atoms with Crippen LogP contribution >= 0.6 is 0 Å². The molecule has 0 bridgehead atoms. The second-order valence-electron chi connectivity index (χ2n) is 7.39. The molecule has 1 aliphatic heterocycles. The van der Waals surface area contributed by atoms with Gasteiger partial charge in [0, 0.05) is 13.0 Å². The van der Waals surface area contributed by atoms with E-state index < -0.39 is 29.5 Å². The van der Waals surface area contributed by atoms with Crippen LogP contribution in [0.15, 0.2) is 42.5 Å². The molecular formula is C23H25NO8. The number of nitrogens with one attached hydrogen (secondary N) is 1. The van der Waals surface area contributed by atoms with E-state index in [0.717, 1.165) is 11.1 Å². The number of carboxylic acid groups (broad SMARTS) is 2. The maximum atomic E-state index is 12.6. The topological polar surface area (TPSA) is 131 Å². The van der Waals surface area contributed by atoms with Crippen molar-refractivity contribution in [2.24, 2.45) is 0 Å². The number of carbonyl (C=O) groups is 3. The largest absolute Gasteiger partial charge is 0.496 e. The lowest BCUT2D eigenvalue weighted by Crippen LogP contribution is -2.56. The van der Waals surface area contributed by atoms with E-state index in [4.69, 9.17) is 14.2 Å². The fraction of sp³-hybridized carbons (Fsp3) is 0.348. The number of methoxy groups -OCH3 is 2. The summed E-state index contributed by atoms with van der Waals surface area (Å²) in [6.07, 6.45) is 0.376. The molecule has 1 unspecified atom stereocenters. The summed E-state index contributed by atoms with van der Waals surface area (Å²) in [5.74, 6) is -2.39. The summed E-state index contributed by atoms with van der Waals surface area (Å²) in [5, 5.41) is 21.4. The van der Waals surface area contributed by atoms with Crippen LogP contribution < -0.4 is 14.8 Å². The Kier molecular flexibility index (Phi) is 6.99. The minimum Gasteiger partial charge on any atom is -0.496 e. The zero-order valence-electron chi connectivity index (χ0n) is 17.8. The average molecular weight is 443 g/mol. The maximum absolute atomic E-state index is 12.6. The van der Waals surface area contributed by atoms with Crippen molar-refractivity contribution >= 4 is 17.8 Å². The van der Waals surface area contributed by atoms with Gasteiger partial charge in [0.2, 0.25) is 5.60 Å². The molecule has 2 atom stereocenters. The first-order valence-corrected chi connectivity index (χ1v) is 10.0. The van der Waals surface area contributed by atoms with Crippen LogP contribution in [0.2, 0.25) is 0 Å². The van der Waals surface area contributed by atoms with Crippen molar-refractivity contribution in [3.8, 4) is 22.6 Å². The van der Waals surface area contributed by atoms with Crippen molar-refractivity contribution in [1.82, 2.24) is 5.32 Å². The summed E-state index contributed by atoms with van der Waals surface area (Å²) >= 11 is 0. The minimum absolute atomic E-state index is 0.00402. The standard InChI is InChI=1S/C23H25NO8/c1-30-17-5-3-6-18(31-2)19(17)15-9-7-14(8-10-15)13-16(20(25)26)24-21(27)23(22(28)29)11-4-12-32-23/h3,5-10,16H,4,11-13H2,1-2H3,(H,24,27)(H,25,26)(H,28,29)/t16-,23?/m0/s1. The van der Waals surface area contributed by atoms with Crippen molar-refractivity contribution in [2.45, 2.75) is 30.9 Å². The minimum atomic E-state index is -2.04. The van der Waals surface area contributed by atoms with Crippen molar-refractivity contribution in [1.29, 1.82) is 0 Å². The Morgan fingerprint density at radius 3 is 2.16 bits per heavy atom. The Balaban J connectivity index is 1.79. The molecule has 0 aliphatic carbocycles. The van der Waals surface area contributed by atoms with Crippen molar-refractivity contribution in [3.63, 3.8) is 0 Å². The number of aliphatic carboxylic acids is 2. The SMILES string of the molecule is COc1cccc(OC)c1-c1ccc(C[C@H](NC(=O)C2(C(=O)O)CCCO2)C(=O)O)cc1. The molecule has 0 saturated carbocycles. The summed E-state index contributed by atoms with van der Waals surface area (Å²) in [7, 11) is 3.12. The number of ether oxygens (including phenoxy) is 3. The lowest BCUT2D eigenvalue weighted by atomic mass is 9.97. The zero-order valence-corrected chi connectivity index (χ0v) is 17.8. The number of carbonyl (C=O) groups excluding carboxylic acids is 1. The average Bonchev–Trinajstić information content (AvgIpc) is 3.30. The molecule has 1 heterocycles. The number of hydrogen-bond donors (Lipinski definition) is 3. The summed E-state index contributed by atoms with van der Waals surface area (Å²) in [4.78, 5) is 35.9. The molecule has 0 radical (unpaired) electrons. The molecule has 0 spiro atoms. The molecule has 0 aromatic heterocycles. The number of rotatable bonds is 9. The normalized spacial score (nSPS) is 18.6. The van der Waals surface area contributed by atoms with Gasteiger partial charge in [0.1, 0.15) is 17.5 Å². The Morgan fingerprint density at radius 2 is 1.69 bits per heavy atom. The first kappa shape index (κ1) is 23.1. The van der Waals surface area contributed by atoms with Gasteiger partial charge in [-0.15, -0.1) is 0 Å². The third kappa shape index (κ3) is 4.52. The van der Waals surface area contributed by atoms with Crippen LogP contribution in [0, 0.1) is 0 Å². The zero-order chi connectivity index (χ0) is 23.3. The van der Waals surface area contributed by atoms with E-state index in [-0.39, 0.29) is 19.4 Å². The molecule has 2 aromatic carbocycles. The highest BCUT2D eigenvalue weighted by Gasteiger charge is 2.51. The smallest absolute Gasteiger partial charge is 0.345 e. The van der Waals surface area contributed by atoms with E-state index in [1.165, 1.54) is 0 Å². The Hall–Kier alpha value is -3.59. The molecule has 3 N–H and O–H groups in total. The Bertz CT molecular complexity index is 973. The summed E-state index contributed by atoms with van der Waals surface area (Å²) in [5.41, 5.74) is 0.168. The highest BCUT2D eigenvalue weighted by molar-refractivity contribution is 6.06. The van der Waals surface area contributed by atoms with Crippen LogP contribution in [0.25, 0.3) is 11.1 Å². The van der Waals surface area contributed by atoms with Gasteiger partial charge in [-0.3, -0.25) is 4.79 Å². The van der Waals surface area contributed by atoms with Crippen molar-refractivity contribution in [2.75, 3.05) is 20.8 Å². The van der Waals surface area contributed by atoms with Crippen molar-refractivity contribution in [3.05, 3.63) is 48.0 Å². The summed E-state index contributed by atoms with van der Waals surface area (Å²) < 4.78 is 16.0. The van der Waals surface area contributed by atoms with Crippen LogP contribution in [0.4, 0.5) is 0 Å². The molecule has 1 aliphatic rings. The monoisotopic (exact) mass is 443 g/mol. The molecule has 1 saturated heterocycles. The Labute approximate surface area is 184 Å². The van der Waals surface area contributed by atoms with E-state index in [1.54, 1.807) is 38.5 Å². The lowest BCUT2D eigenvalue weighted by Gasteiger charge is -2.24. The first-order valence-electron chi connectivity index (χ1n) is 10.0. The Morgan fingerprint density at radius 1 is 1.06 bits per heavy atom. The highest BCUT2D eigenvalue weighted by atomic mass is 16.5. The third-order valence-corrected chi connectivity index (χ3v) is 5.45. The van der Waals surface area contributed by atoms with Crippen LogP contribution in [0.1, 0.15) is 18.4 Å².